The van der Waals surface area contributed by atoms with E-state index in [1.807, 2.05) is 0 Å². The standard InChI is InChI=1S/C16H15N5O7S2.2Na/c1-2-30(27,28)16-17-9-4-3-8(7-10(9)29-16)18-19-12-13(15(25)26)20-21(14(12)24)6-5-11(22)23;;/h3-4,7,12H,2,5-6H2,1H3,(H,22,23)(H,25,26);;/q;2*+1/p-2. The molecule has 0 aliphatic carbocycles. The smallest absolute Gasteiger partial charge is 0.550 e. The number of aliphatic carboxylic acids is 2. The van der Waals surface area contributed by atoms with Gasteiger partial charge < -0.3 is 19.8 Å². The molecule has 1 aromatic heterocycles. The van der Waals surface area contributed by atoms with Gasteiger partial charge in [0.15, 0.2) is 6.04 Å². The zero-order valence-corrected chi connectivity index (χ0v) is 23.0. The number of carbonyl (C=O) groups is 3. The van der Waals surface area contributed by atoms with E-state index in [2.05, 4.69) is 20.3 Å². The van der Waals surface area contributed by atoms with E-state index < -0.39 is 45.9 Å². The summed E-state index contributed by atoms with van der Waals surface area (Å²) in [5.74, 6) is -4.13. The van der Waals surface area contributed by atoms with E-state index in [4.69, 9.17) is 0 Å². The number of thiazole rings is 1. The Hall–Kier alpha value is -1.26. The van der Waals surface area contributed by atoms with Crippen LogP contribution in [0.3, 0.4) is 0 Å². The zero-order valence-electron chi connectivity index (χ0n) is 17.3. The van der Waals surface area contributed by atoms with Crippen LogP contribution in [0.2, 0.25) is 0 Å². The van der Waals surface area contributed by atoms with Gasteiger partial charge in [-0.1, -0.05) is 6.92 Å². The Morgan fingerprint density at radius 1 is 1.25 bits per heavy atom. The summed E-state index contributed by atoms with van der Waals surface area (Å²) in [7, 11) is -3.47. The molecule has 2 heterocycles. The van der Waals surface area contributed by atoms with Crippen molar-refractivity contribution >= 4 is 60.6 Å². The predicted octanol–water partition coefficient (Wildman–Crippen LogP) is -7.36. The van der Waals surface area contributed by atoms with Crippen molar-refractivity contribution in [3.8, 4) is 0 Å². The molecule has 0 saturated carbocycles. The third kappa shape index (κ3) is 6.41. The van der Waals surface area contributed by atoms with Crippen molar-refractivity contribution in [2.24, 2.45) is 15.3 Å². The van der Waals surface area contributed by atoms with Crippen LogP contribution >= 0.6 is 11.3 Å². The van der Waals surface area contributed by atoms with Crippen LogP contribution in [0.15, 0.2) is 37.9 Å². The normalized spacial score (nSPS) is 16.0. The molecular weight excluding hydrogens is 484 g/mol. The van der Waals surface area contributed by atoms with Crippen LogP contribution in [-0.4, -0.2) is 60.3 Å². The molecule has 0 radical (unpaired) electrons. The van der Waals surface area contributed by atoms with Crippen molar-refractivity contribution in [3.63, 3.8) is 0 Å². The number of azo groups is 1. The second-order valence-corrected chi connectivity index (χ2v) is 9.49. The van der Waals surface area contributed by atoms with Gasteiger partial charge in [0.2, 0.25) is 14.2 Å². The summed E-state index contributed by atoms with van der Waals surface area (Å²) in [5, 5.41) is 33.6. The maximum Gasteiger partial charge on any atom is 1.00 e. The number of sulfone groups is 1. The molecule has 1 aliphatic heterocycles. The second kappa shape index (κ2) is 11.7. The topological polar surface area (TPSA) is 185 Å². The van der Waals surface area contributed by atoms with E-state index in [-0.39, 0.29) is 81.4 Å². The van der Waals surface area contributed by atoms with Gasteiger partial charge in [-0.15, -0.1) is 11.3 Å². The van der Waals surface area contributed by atoms with Crippen molar-refractivity contribution in [1.82, 2.24) is 9.99 Å². The van der Waals surface area contributed by atoms with E-state index in [0.29, 0.717) is 15.2 Å². The predicted molar refractivity (Wildman–Crippen MR) is 99.4 cm³/mol. The molecule has 0 fully saturated rings. The number of rotatable bonds is 8. The minimum atomic E-state index is -3.47. The average molecular weight is 497 g/mol. The molecule has 12 nitrogen and oxygen atoms in total. The van der Waals surface area contributed by atoms with Gasteiger partial charge in [0.1, 0.15) is 5.71 Å². The van der Waals surface area contributed by atoms with Gasteiger partial charge in [0.25, 0.3) is 5.91 Å². The summed E-state index contributed by atoms with van der Waals surface area (Å²) < 4.78 is 24.4. The molecule has 1 unspecified atom stereocenters. The maximum atomic E-state index is 12.3. The van der Waals surface area contributed by atoms with Crippen LogP contribution in [0.1, 0.15) is 13.3 Å². The Morgan fingerprint density at radius 2 is 1.94 bits per heavy atom. The zero-order chi connectivity index (χ0) is 22.1. The summed E-state index contributed by atoms with van der Waals surface area (Å²) in [6.45, 7) is 1.12. The molecule has 32 heavy (non-hydrogen) atoms. The maximum absolute atomic E-state index is 12.3. The fourth-order valence-corrected chi connectivity index (χ4v) is 4.79. The molecular formula is C16H13N5Na2O7S2. The molecule has 1 atom stereocenters. The van der Waals surface area contributed by atoms with Crippen molar-refractivity contribution in [1.29, 1.82) is 0 Å². The van der Waals surface area contributed by atoms with Crippen molar-refractivity contribution in [3.05, 3.63) is 18.2 Å². The molecule has 0 bridgehead atoms. The van der Waals surface area contributed by atoms with E-state index in [9.17, 15) is 33.0 Å². The number of hydrazone groups is 1. The van der Waals surface area contributed by atoms with Crippen LogP contribution < -0.4 is 69.3 Å². The number of carboxylic acid groups (broad SMARTS) is 2. The first-order chi connectivity index (χ1) is 14.1. The fourth-order valence-electron chi connectivity index (χ4n) is 2.44. The number of hydrogen-bond donors (Lipinski definition) is 0. The Morgan fingerprint density at radius 3 is 2.53 bits per heavy atom. The van der Waals surface area contributed by atoms with E-state index in [0.717, 1.165) is 11.3 Å². The number of benzene rings is 1. The Kier molecular flexibility index (Phi) is 10.6. The van der Waals surface area contributed by atoms with Crippen LogP contribution in [-0.2, 0) is 24.2 Å². The number of aromatic nitrogens is 1. The second-order valence-electron chi connectivity index (χ2n) is 6.01. The SMILES string of the molecule is CCS(=O)(=O)c1nc2ccc(N=NC3C(=O)N(CCC(=O)[O-])N=C3C(=O)[O-])cc2s1.[Na+].[Na+]. The molecule has 1 aromatic carbocycles. The minimum Gasteiger partial charge on any atom is -0.550 e. The van der Waals surface area contributed by atoms with E-state index in [1.165, 1.54) is 25.1 Å². The number of carbonyl (C=O) groups excluding carboxylic acids is 3. The fraction of sp³-hybridized carbons (Fsp3) is 0.312. The van der Waals surface area contributed by atoms with Gasteiger partial charge in [-0.25, -0.2) is 18.4 Å². The van der Waals surface area contributed by atoms with Crippen molar-refractivity contribution in [2.45, 2.75) is 23.7 Å². The largest absolute Gasteiger partial charge is 1.00 e. The van der Waals surface area contributed by atoms with Gasteiger partial charge in [-0.05, 0) is 18.2 Å². The van der Waals surface area contributed by atoms with Gasteiger partial charge in [0, 0.05) is 18.9 Å². The minimum absolute atomic E-state index is 0. The Labute approximate surface area is 230 Å². The van der Waals surface area contributed by atoms with Gasteiger partial charge in [-0.3, -0.25) is 4.79 Å². The summed E-state index contributed by atoms with van der Waals surface area (Å²) in [4.78, 5) is 38.1. The third-order valence-electron chi connectivity index (χ3n) is 4.00. The molecule has 16 heteroatoms. The molecule has 3 rings (SSSR count). The first kappa shape index (κ1) is 28.8. The Bertz CT molecular complexity index is 1210. The van der Waals surface area contributed by atoms with Crippen LogP contribution in [0.5, 0.6) is 0 Å². The number of fused-ring (bicyclic) bond motifs is 1. The van der Waals surface area contributed by atoms with Gasteiger partial charge in [-0.2, -0.15) is 15.3 Å². The van der Waals surface area contributed by atoms with E-state index >= 15 is 0 Å². The Balaban J connectivity index is 0.00000256. The summed E-state index contributed by atoms with van der Waals surface area (Å²) in [6.07, 6.45) is -0.537. The summed E-state index contributed by atoms with van der Waals surface area (Å²) in [5.41, 5.74) is -0.0315. The molecule has 0 N–H and O–H groups in total. The average Bonchev–Trinajstić information content (AvgIpc) is 3.26. The molecule has 158 valence electrons. The summed E-state index contributed by atoms with van der Waals surface area (Å²) >= 11 is 0.951. The van der Waals surface area contributed by atoms with Crippen LogP contribution in [0, 0.1) is 0 Å². The quantitative estimate of drug-likeness (QED) is 0.254. The van der Waals surface area contributed by atoms with Crippen molar-refractivity contribution in [2.75, 3.05) is 12.3 Å². The number of hydrogen-bond acceptors (Lipinski definition) is 12. The third-order valence-corrected chi connectivity index (χ3v) is 7.21. The molecule has 2 aromatic rings. The molecule has 0 spiro atoms. The summed E-state index contributed by atoms with van der Waals surface area (Å²) in [6, 6.07) is 2.89. The van der Waals surface area contributed by atoms with Crippen LogP contribution in [0.4, 0.5) is 5.69 Å². The molecule has 1 aliphatic rings. The number of nitrogens with zero attached hydrogens (tertiary/aromatic N) is 5. The van der Waals surface area contributed by atoms with Gasteiger partial charge >= 0.3 is 59.1 Å². The molecule has 1 amide bonds. The first-order valence-corrected chi connectivity index (χ1v) is 10.9. The van der Waals surface area contributed by atoms with Crippen molar-refractivity contribution < 1.29 is 92.1 Å². The number of carboxylic acids is 2. The van der Waals surface area contributed by atoms with E-state index in [1.54, 1.807) is 0 Å². The number of amides is 1. The molecule has 0 saturated heterocycles. The van der Waals surface area contributed by atoms with Crippen LogP contribution in [0.25, 0.3) is 10.2 Å². The monoisotopic (exact) mass is 497 g/mol. The van der Waals surface area contributed by atoms with Gasteiger partial charge in [0.05, 0.1) is 27.6 Å². The first-order valence-electron chi connectivity index (χ1n) is 8.47.